The molecule has 0 saturated heterocycles. The maximum atomic E-state index is 12.7. The number of carbonyl (C=O) groups excluding carboxylic acids is 1. The minimum Gasteiger partial charge on any atom is -0.494 e. The number of esters is 1. The summed E-state index contributed by atoms with van der Waals surface area (Å²) in [5.74, 6) is 1.37. The highest BCUT2D eigenvalue weighted by Gasteiger charge is 2.17. The van der Waals surface area contributed by atoms with Crippen LogP contribution in [-0.2, 0) is 16.1 Å². The van der Waals surface area contributed by atoms with Crippen molar-refractivity contribution < 1.29 is 14.3 Å². The lowest BCUT2D eigenvalue weighted by Crippen LogP contribution is -2.21. The summed E-state index contributed by atoms with van der Waals surface area (Å²) in [6.45, 7) is 3.25. The second kappa shape index (κ2) is 14.2. The van der Waals surface area contributed by atoms with Crippen molar-refractivity contribution in [2.75, 3.05) is 19.0 Å². The molecule has 0 fully saturated rings. The number of hydrogen-bond donors (Lipinski definition) is 0. The van der Waals surface area contributed by atoms with Crippen molar-refractivity contribution in [3.05, 3.63) is 130 Å². The van der Waals surface area contributed by atoms with Crippen LogP contribution in [0.3, 0.4) is 0 Å². The Balaban J connectivity index is 1.39. The molecule has 0 aliphatic carbocycles. The minimum absolute atomic E-state index is 0.00657. The Labute approximate surface area is 228 Å². The lowest BCUT2D eigenvalue weighted by atomic mass is 9.86. The van der Waals surface area contributed by atoms with Crippen molar-refractivity contribution in [2.24, 2.45) is 0 Å². The number of carbonyl (C=O) groups is 1. The fourth-order valence-electron chi connectivity index (χ4n) is 4.32. The number of rotatable bonds is 13. The van der Waals surface area contributed by atoms with Crippen LogP contribution in [0.4, 0.5) is 0 Å². The maximum absolute atomic E-state index is 12.7. The molecule has 6 heteroatoms. The summed E-state index contributed by atoms with van der Waals surface area (Å²) in [7, 11) is 0. The van der Waals surface area contributed by atoms with Crippen LogP contribution in [0.5, 0.6) is 5.75 Å². The molecule has 1 aromatic heterocycles. The fourth-order valence-corrected chi connectivity index (χ4v) is 5.22. The first kappa shape index (κ1) is 27.3. The number of aryl methyl sites for hydroxylation is 1. The van der Waals surface area contributed by atoms with Gasteiger partial charge in [0, 0.05) is 41.8 Å². The molecule has 0 bridgehead atoms. The Hall–Kier alpha value is -3.77. The van der Waals surface area contributed by atoms with E-state index in [4.69, 9.17) is 9.47 Å². The molecule has 0 aliphatic rings. The molecule has 4 rings (SSSR count). The van der Waals surface area contributed by atoms with Crippen molar-refractivity contribution in [1.29, 1.82) is 0 Å². The van der Waals surface area contributed by atoms with E-state index < -0.39 is 0 Å². The van der Waals surface area contributed by atoms with Crippen molar-refractivity contribution in [1.82, 2.24) is 4.57 Å². The van der Waals surface area contributed by atoms with E-state index in [0.29, 0.717) is 32.6 Å². The minimum atomic E-state index is -0.196. The van der Waals surface area contributed by atoms with Crippen molar-refractivity contribution in [2.45, 2.75) is 37.1 Å². The summed E-state index contributed by atoms with van der Waals surface area (Å²) >= 11 is 1.68. The first-order chi connectivity index (χ1) is 18.6. The number of benzene rings is 3. The summed E-state index contributed by atoms with van der Waals surface area (Å²) in [4.78, 5) is 25.2. The normalized spacial score (nSPS) is 10.9. The summed E-state index contributed by atoms with van der Waals surface area (Å²) in [6.07, 6.45) is 2.96. The van der Waals surface area contributed by atoms with Gasteiger partial charge in [0.1, 0.15) is 5.75 Å². The Kier molecular flexibility index (Phi) is 10.2. The summed E-state index contributed by atoms with van der Waals surface area (Å²) < 4.78 is 12.6. The molecule has 3 aromatic carbocycles. The quantitative estimate of drug-likeness (QED) is 0.112. The third-order valence-electron chi connectivity index (χ3n) is 6.11. The van der Waals surface area contributed by atoms with Gasteiger partial charge in [0.25, 0.3) is 5.56 Å². The Bertz CT molecular complexity index is 1320. The number of thioether (sulfide) groups is 1. The number of ether oxygens (including phenoxy) is 2. The average Bonchev–Trinajstić information content (AvgIpc) is 2.94. The van der Waals surface area contributed by atoms with Crippen molar-refractivity contribution in [3.63, 3.8) is 0 Å². The third kappa shape index (κ3) is 7.86. The maximum Gasteiger partial charge on any atom is 0.305 e. The second-order valence-corrected chi connectivity index (χ2v) is 10.00. The van der Waals surface area contributed by atoms with Gasteiger partial charge in [0.2, 0.25) is 0 Å². The topological polar surface area (TPSA) is 57.5 Å². The molecule has 0 unspecified atom stereocenters. The highest BCUT2D eigenvalue weighted by molar-refractivity contribution is 7.99. The van der Waals surface area contributed by atoms with Gasteiger partial charge in [-0.3, -0.25) is 9.59 Å². The van der Waals surface area contributed by atoms with Crippen LogP contribution in [0.1, 0.15) is 42.4 Å². The van der Waals surface area contributed by atoms with E-state index in [1.165, 1.54) is 11.1 Å². The molecule has 0 saturated carbocycles. The zero-order valence-electron chi connectivity index (χ0n) is 21.6. The molecule has 5 nitrogen and oxygen atoms in total. The third-order valence-corrected chi connectivity index (χ3v) is 7.09. The zero-order chi connectivity index (χ0) is 26.6. The first-order valence-electron chi connectivity index (χ1n) is 13.0. The SMILES string of the molecule is CCOC(=O)CCCOc1cccc(SCCn2cc(C(c3ccccc3)c3ccccc3)ccc2=O)c1. The molecule has 0 atom stereocenters. The van der Waals surface area contributed by atoms with E-state index in [1.54, 1.807) is 29.3 Å². The molecule has 0 radical (unpaired) electrons. The molecule has 0 spiro atoms. The van der Waals surface area contributed by atoms with Crippen LogP contribution in [0.15, 0.2) is 113 Å². The van der Waals surface area contributed by atoms with Gasteiger partial charge in [0.05, 0.1) is 13.2 Å². The van der Waals surface area contributed by atoms with Gasteiger partial charge in [-0.15, -0.1) is 11.8 Å². The Morgan fingerprint density at radius 2 is 1.58 bits per heavy atom. The van der Waals surface area contributed by atoms with Crippen LogP contribution in [0, 0.1) is 0 Å². The van der Waals surface area contributed by atoms with E-state index in [1.807, 2.05) is 48.7 Å². The van der Waals surface area contributed by atoms with E-state index >= 15 is 0 Å². The predicted octanol–water partition coefficient (Wildman–Crippen LogP) is 6.54. The Morgan fingerprint density at radius 1 is 0.868 bits per heavy atom. The van der Waals surface area contributed by atoms with Crippen LogP contribution < -0.4 is 10.3 Å². The van der Waals surface area contributed by atoms with Crippen LogP contribution in [-0.4, -0.2) is 29.5 Å². The Morgan fingerprint density at radius 3 is 2.26 bits per heavy atom. The van der Waals surface area contributed by atoms with Crippen molar-refractivity contribution in [3.8, 4) is 5.75 Å². The summed E-state index contributed by atoms with van der Waals surface area (Å²) in [5.41, 5.74) is 3.47. The van der Waals surface area contributed by atoms with Gasteiger partial charge < -0.3 is 14.0 Å². The van der Waals surface area contributed by atoms with Crippen molar-refractivity contribution >= 4 is 17.7 Å². The molecular weight excluding hydrogens is 494 g/mol. The van der Waals surface area contributed by atoms with Crippen LogP contribution in [0.2, 0.25) is 0 Å². The van der Waals surface area contributed by atoms with E-state index in [2.05, 4.69) is 48.5 Å². The standard InChI is InChI=1S/C32H33NO4S/c1-2-36-31(35)17-10-21-37-28-15-9-16-29(23-28)38-22-20-33-24-27(18-19-30(33)34)32(25-11-5-3-6-12-25)26-13-7-4-8-14-26/h3-9,11-16,18-19,23-24,32H,2,10,17,20-22H2,1H3. The molecule has 0 N–H and O–H groups in total. The van der Waals surface area contributed by atoms with Gasteiger partial charge in [-0.1, -0.05) is 72.8 Å². The van der Waals surface area contributed by atoms with Crippen LogP contribution in [0.25, 0.3) is 0 Å². The molecule has 38 heavy (non-hydrogen) atoms. The van der Waals surface area contributed by atoms with Gasteiger partial charge in [-0.05, 0) is 48.2 Å². The highest BCUT2D eigenvalue weighted by atomic mass is 32.2. The largest absolute Gasteiger partial charge is 0.494 e. The zero-order valence-corrected chi connectivity index (χ0v) is 22.4. The molecule has 196 valence electrons. The number of hydrogen-bond acceptors (Lipinski definition) is 5. The molecule has 1 heterocycles. The lowest BCUT2D eigenvalue weighted by Gasteiger charge is -2.20. The smallest absolute Gasteiger partial charge is 0.305 e. The lowest BCUT2D eigenvalue weighted by molar-refractivity contribution is -0.143. The second-order valence-electron chi connectivity index (χ2n) is 8.83. The molecule has 4 aromatic rings. The average molecular weight is 528 g/mol. The summed E-state index contributed by atoms with van der Waals surface area (Å²) in [5, 5.41) is 0. The predicted molar refractivity (Wildman–Crippen MR) is 153 cm³/mol. The van der Waals surface area contributed by atoms with Gasteiger partial charge >= 0.3 is 5.97 Å². The van der Waals surface area contributed by atoms with E-state index in [0.717, 1.165) is 22.0 Å². The summed E-state index contributed by atoms with van der Waals surface area (Å²) in [6, 6.07) is 32.3. The molecule has 0 aliphatic heterocycles. The van der Waals surface area contributed by atoms with Gasteiger partial charge in [0.15, 0.2) is 0 Å². The van der Waals surface area contributed by atoms with E-state index in [9.17, 15) is 9.59 Å². The van der Waals surface area contributed by atoms with Gasteiger partial charge in [-0.2, -0.15) is 0 Å². The number of nitrogens with zero attached hydrogens (tertiary/aromatic N) is 1. The molecule has 0 amide bonds. The monoisotopic (exact) mass is 527 g/mol. The van der Waals surface area contributed by atoms with E-state index in [-0.39, 0.29) is 17.4 Å². The number of pyridine rings is 1. The highest BCUT2D eigenvalue weighted by Crippen LogP contribution is 2.31. The van der Waals surface area contributed by atoms with Crippen LogP contribution >= 0.6 is 11.8 Å². The fraction of sp³-hybridized carbons (Fsp3) is 0.250. The first-order valence-corrected chi connectivity index (χ1v) is 13.9. The molecular formula is C32H33NO4S. The number of aromatic nitrogens is 1. The van der Waals surface area contributed by atoms with Gasteiger partial charge in [-0.25, -0.2) is 0 Å².